The maximum Gasteiger partial charge on any atom is 0.251 e. The van der Waals surface area contributed by atoms with Crippen molar-refractivity contribution >= 4 is 11.6 Å². The van der Waals surface area contributed by atoms with Gasteiger partial charge in [-0.25, -0.2) is 4.98 Å². The lowest BCUT2D eigenvalue weighted by atomic mass is 10.1. The number of rotatable bonds is 4. The molecule has 0 fully saturated rings. The maximum atomic E-state index is 12.1. The fourth-order valence-electron chi connectivity index (χ4n) is 2.45. The molecule has 3 aromatic rings. The number of carbonyl (C=O) groups excluding carboxylic acids is 1. The Morgan fingerprint density at radius 2 is 2.00 bits per heavy atom. The molecule has 0 aliphatic carbocycles. The van der Waals surface area contributed by atoms with Crippen LogP contribution in [0, 0.1) is 13.8 Å². The second kappa shape index (κ2) is 6.02. The lowest BCUT2D eigenvalue weighted by Crippen LogP contribution is -2.25. The molecular formula is C18H19N3O. The van der Waals surface area contributed by atoms with Crippen molar-refractivity contribution in [2.24, 2.45) is 0 Å². The molecule has 4 nitrogen and oxygen atoms in total. The highest BCUT2D eigenvalue weighted by molar-refractivity contribution is 5.94. The summed E-state index contributed by atoms with van der Waals surface area (Å²) >= 11 is 0. The summed E-state index contributed by atoms with van der Waals surface area (Å²) in [5.74, 6) is -0.0386. The topological polar surface area (TPSA) is 46.4 Å². The first kappa shape index (κ1) is 14.3. The number of benzene rings is 1. The second-order valence-electron chi connectivity index (χ2n) is 5.58. The molecule has 0 aliphatic rings. The van der Waals surface area contributed by atoms with Crippen molar-refractivity contribution in [3.8, 4) is 0 Å². The van der Waals surface area contributed by atoms with Crippen LogP contribution >= 0.6 is 0 Å². The van der Waals surface area contributed by atoms with E-state index in [2.05, 4.69) is 29.4 Å². The summed E-state index contributed by atoms with van der Waals surface area (Å²) in [5.41, 5.74) is 4.90. The average molecular weight is 293 g/mol. The molecule has 0 spiro atoms. The minimum atomic E-state index is -0.0386. The van der Waals surface area contributed by atoms with Gasteiger partial charge < -0.3 is 9.72 Å². The monoisotopic (exact) mass is 293 g/mol. The Labute approximate surface area is 129 Å². The second-order valence-corrected chi connectivity index (χ2v) is 5.58. The van der Waals surface area contributed by atoms with Crippen molar-refractivity contribution in [3.05, 3.63) is 71.2 Å². The number of pyridine rings is 1. The fraction of sp³-hybridized carbons (Fsp3) is 0.222. The van der Waals surface area contributed by atoms with Crippen molar-refractivity contribution in [3.63, 3.8) is 0 Å². The van der Waals surface area contributed by atoms with E-state index in [9.17, 15) is 4.79 Å². The first-order valence-electron chi connectivity index (χ1n) is 7.41. The van der Waals surface area contributed by atoms with Crippen LogP contribution in [0.4, 0.5) is 0 Å². The van der Waals surface area contributed by atoms with Gasteiger partial charge in [-0.05, 0) is 43.7 Å². The van der Waals surface area contributed by atoms with Gasteiger partial charge in [0.05, 0.1) is 5.69 Å². The Hall–Kier alpha value is -2.62. The van der Waals surface area contributed by atoms with E-state index in [0.29, 0.717) is 12.1 Å². The van der Waals surface area contributed by atoms with E-state index in [1.165, 1.54) is 5.56 Å². The zero-order valence-electron chi connectivity index (χ0n) is 12.8. The third kappa shape index (κ3) is 3.17. The van der Waals surface area contributed by atoms with Crippen molar-refractivity contribution in [1.82, 2.24) is 14.7 Å². The molecule has 2 heterocycles. The molecule has 0 atom stereocenters. The number of carbonyl (C=O) groups is 1. The summed E-state index contributed by atoms with van der Waals surface area (Å²) in [6.45, 7) is 4.61. The molecule has 0 radical (unpaired) electrons. The Morgan fingerprint density at radius 1 is 1.18 bits per heavy atom. The van der Waals surface area contributed by atoms with E-state index < -0.39 is 0 Å². The standard InChI is InChI=1S/C18H19N3O/c1-13-4-3-5-15(10-13)18(22)19-8-6-16-12-21-9-7-14(2)11-17(21)20-16/h3-5,7,9-12H,6,8H2,1-2H3,(H,19,22). The van der Waals surface area contributed by atoms with Crippen LogP contribution in [-0.4, -0.2) is 21.8 Å². The zero-order valence-corrected chi connectivity index (χ0v) is 12.8. The molecule has 0 bridgehead atoms. The number of aromatic nitrogens is 2. The molecule has 0 aliphatic heterocycles. The molecule has 0 unspecified atom stereocenters. The fourth-order valence-corrected chi connectivity index (χ4v) is 2.45. The van der Waals surface area contributed by atoms with Gasteiger partial charge in [0.25, 0.3) is 5.91 Å². The van der Waals surface area contributed by atoms with E-state index in [1.54, 1.807) is 0 Å². The number of amides is 1. The van der Waals surface area contributed by atoms with Gasteiger partial charge in [0.2, 0.25) is 0 Å². The highest BCUT2D eigenvalue weighted by Crippen LogP contribution is 2.08. The van der Waals surface area contributed by atoms with Crippen molar-refractivity contribution in [1.29, 1.82) is 0 Å². The molecular weight excluding hydrogens is 274 g/mol. The molecule has 3 rings (SSSR count). The minimum Gasteiger partial charge on any atom is -0.352 e. The largest absolute Gasteiger partial charge is 0.352 e. The number of hydrogen-bond acceptors (Lipinski definition) is 2. The first-order valence-corrected chi connectivity index (χ1v) is 7.41. The maximum absolute atomic E-state index is 12.1. The number of hydrogen-bond donors (Lipinski definition) is 1. The summed E-state index contributed by atoms with van der Waals surface area (Å²) in [6, 6.07) is 11.7. The van der Waals surface area contributed by atoms with Crippen LogP contribution in [-0.2, 0) is 6.42 Å². The Bertz CT molecular complexity index is 820. The summed E-state index contributed by atoms with van der Waals surface area (Å²) in [4.78, 5) is 16.6. The van der Waals surface area contributed by atoms with Gasteiger partial charge in [-0.2, -0.15) is 0 Å². The number of aryl methyl sites for hydroxylation is 2. The lowest BCUT2D eigenvalue weighted by Gasteiger charge is -2.04. The number of imidazole rings is 1. The summed E-state index contributed by atoms with van der Waals surface area (Å²) in [5, 5.41) is 2.94. The highest BCUT2D eigenvalue weighted by Gasteiger charge is 2.06. The van der Waals surface area contributed by atoms with E-state index in [1.807, 2.05) is 48.0 Å². The zero-order chi connectivity index (χ0) is 15.5. The smallest absolute Gasteiger partial charge is 0.251 e. The van der Waals surface area contributed by atoms with Gasteiger partial charge in [-0.3, -0.25) is 4.79 Å². The molecule has 112 valence electrons. The lowest BCUT2D eigenvalue weighted by molar-refractivity contribution is 0.0954. The minimum absolute atomic E-state index is 0.0386. The quantitative estimate of drug-likeness (QED) is 0.804. The van der Waals surface area contributed by atoms with Crippen molar-refractivity contribution < 1.29 is 4.79 Å². The van der Waals surface area contributed by atoms with Gasteiger partial charge >= 0.3 is 0 Å². The average Bonchev–Trinajstić information content (AvgIpc) is 2.89. The first-order chi connectivity index (χ1) is 10.6. The van der Waals surface area contributed by atoms with Crippen LogP contribution in [0.25, 0.3) is 5.65 Å². The SMILES string of the molecule is Cc1cccc(C(=O)NCCc2cn3ccc(C)cc3n2)c1. The van der Waals surface area contributed by atoms with E-state index in [-0.39, 0.29) is 5.91 Å². The van der Waals surface area contributed by atoms with Crippen LogP contribution in [0.5, 0.6) is 0 Å². The molecule has 2 aromatic heterocycles. The highest BCUT2D eigenvalue weighted by atomic mass is 16.1. The van der Waals surface area contributed by atoms with Gasteiger partial charge in [-0.1, -0.05) is 17.7 Å². The molecule has 1 aromatic carbocycles. The van der Waals surface area contributed by atoms with Crippen LogP contribution in [0.2, 0.25) is 0 Å². The van der Waals surface area contributed by atoms with Gasteiger partial charge in [-0.15, -0.1) is 0 Å². The van der Waals surface area contributed by atoms with Gasteiger partial charge in [0.15, 0.2) is 0 Å². The molecule has 1 N–H and O–H groups in total. The molecule has 4 heteroatoms. The van der Waals surface area contributed by atoms with Gasteiger partial charge in [0, 0.05) is 30.9 Å². The predicted molar refractivity (Wildman–Crippen MR) is 87.1 cm³/mol. The van der Waals surface area contributed by atoms with Crippen molar-refractivity contribution in [2.45, 2.75) is 20.3 Å². The molecule has 0 saturated carbocycles. The molecule has 22 heavy (non-hydrogen) atoms. The number of nitrogens with one attached hydrogen (secondary N) is 1. The Balaban J connectivity index is 1.61. The van der Waals surface area contributed by atoms with Gasteiger partial charge in [0.1, 0.15) is 5.65 Å². The van der Waals surface area contributed by atoms with Crippen LogP contribution in [0.1, 0.15) is 27.2 Å². The third-order valence-corrected chi connectivity index (χ3v) is 3.61. The van der Waals surface area contributed by atoms with Crippen LogP contribution in [0.3, 0.4) is 0 Å². The summed E-state index contributed by atoms with van der Waals surface area (Å²) in [7, 11) is 0. The number of nitrogens with zero attached hydrogens (tertiary/aromatic N) is 2. The van der Waals surface area contributed by atoms with Crippen molar-refractivity contribution in [2.75, 3.05) is 6.54 Å². The summed E-state index contributed by atoms with van der Waals surface area (Å²) in [6.07, 6.45) is 4.73. The normalized spacial score (nSPS) is 10.8. The molecule has 0 saturated heterocycles. The predicted octanol–water partition coefficient (Wildman–Crippen LogP) is 2.92. The van der Waals surface area contributed by atoms with Crippen LogP contribution in [0.15, 0.2) is 48.8 Å². The van der Waals surface area contributed by atoms with E-state index >= 15 is 0 Å². The Kier molecular flexibility index (Phi) is 3.92. The van der Waals surface area contributed by atoms with E-state index in [4.69, 9.17) is 0 Å². The Morgan fingerprint density at radius 3 is 2.82 bits per heavy atom. The summed E-state index contributed by atoms with van der Waals surface area (Å²) < 4.78 is 2.00. The number of fused-ring (bicyclic) bond motifs is 1. The van der Waals surface area contributed by atoms with E-state index in [0.717, 1.165) is 23.3 Å². The van der Waals surface area contributed by atoms with Crippen LogP contribution < -0.4 is 5.32 Å². The third-order valence-electron chi connectivity index (χ3n) is 3.61. The molecule has 1 amide bonds.